The maximum absolute atomic E-state index is 12.7. The Bertz CT molecular complexity index is 649. The van der Waals surface area contributed by atoms with Crippen molar-refractivity contribution in [1.82, 2.24) is 10.2 Å². The summed E-state index contributed by atoms with van der Waals surface area (Å²) in [6.07, 6.45) is 4.14. The van der Waals surface area contributed by atoms with Crippen LogP contribution in [-0.2, 0) is 16.1 Å². The van der Waals surface area contributed by atoms with E-state index in [0.29, 0.717) is 18.7 Å². The van der Waals surface area contributed by atoms with Crippen LogP contribution < -0.4 is 5.32 Å². The summed E-state index contributed by atoms with van der Waals surface area (Å²) in [5.74, 6) is -0.557. The molecular weight excluding hydrogens is 344 g/mol. The maximum atomic E-state index is 12.7. The van der Waals surface area contributed by atoms with Crippen molar-refractivity contribution >= 4 is 17.8 Å². The fourth-order valence-electron chi connectivity index (χ4n) is 3.42. The summed E-state index contributed by atoms with van der Waals surface area (Å²) in [6, 6.07) is 7.17. The molecule has 1 aromatic rings. The van der Waals surface area contributed by atoms with Gasteiger partial charge in [-0.25, -0.2) is 0 Å². The summed E-state index contributed by atoms with van der Waals surface area (Å²) in [5.41, 5.74) is 1.48. The van der Waals surface area contributed by atoms with Gasteiger partial charge in [-0.1, -0.05) is 38.8 Å². The van der Waals surface area contributed by atoms with Crippen molar-refractivity contribution in [3.63, 3.8) is 0 Å². The first-order chi connectivity index (χ1) is 12.9. The Balaban J connectivity index is 1.93. The molecule has 0 aliphatic heterocycles. The number of rotatable bonds is 9. The number of nitrogens with zero attached hydrogens (tertiary/aromatic N) is 1. The second-order valence-corrected chi connectivity index (χ2v) is 7.68. The van der Waals surface area contributed by atoms with Gasteiger partial charge in [0, 0.05) is 31.1 Å². The number of carbonyl (C=O) groups excluding carboxylic acids is 2. The number of amides is 2. The van der Waals surface area contributed by atoms with Crippen molar-refractivity contribution in [2.75, 3.05) is 13.1 Å². The highest BCUT2D eigenvalue weighted by Crippen LogP contribution is 2.24. The number of aliphatic carboxylic acids is 1. The molecule has 0 spiro atoms. The minimum atomic E-state index is -0.912. The van der Waals surface area contributed by atoms with E-state index in [4.69, 9.17) is 5.11 Å². The van der Waals surface area contributed by atoms with E-state index in [1.165, 1.54) is 0 Å². The Labute approximate surface area is 160 Å². The van der Waals surface area contributed by atoms with E-state index >= 15 is 0 Å². The molecule has 1 aromatic carbocycles. The number of hydrogen-bond acceptors (Lipinski definition) is 3. The van der Waals surface area contributed by atoms with Crippen LogP contribution in [0.3, 0.4) is 0 Å². The average molecular weight is 374 g/mol. The monoisotopic (exact) mass is 374 g/mol. The Hall–Kier alpha value is -2.37. The van der Waals surface area contributed by atoms with Crippen LogP contribution >= 0.6 is 0 Å². The SMILES string of the molecule is CC(C)CN(CCC(=O)O)C(=O)c1ccc(CNC(=O)C2CCCC2)cc1. The molecule has 6 nitrogen and oxygen atoms in total. The van der Waals surface area contributed by atoms with Crippen LogP contribution in [0.25, 0.3) is 0 Å². The van der Waals surface area contributed by atoms with E-state index in [-0.39, 0.29) is 36.6 Å². The van der Waals surface area contributed by atoms with Gasteiger partial charge in [0.25, 0.3) is 5.91 Å². The van der Waals surface area contributed by atoms with Crippen molar-refractivity contribution in [2.45, 2.75) is 52.5 Å². The first-order valence-electron chi connectivity index (χ1n) is 9.74. The van der Waals surface area contributed by atoms with Crippen molar-refractivity contribution in [1.29, 1.82) is 0 Å². The Kier molecular flexibility index (Phi) is 7.82. The number of hydrogen-bond donors (Lipinski definition) is 2. The molecule has 1 fully saturated rings. The quantitative estimate of drug-likeness (QED) is 0.695. The molecule has 0 aromatic heterocycles. The summed E-state index contributed by atoms with van der Waals surface area (Å²) in [5, 5.41) is 11.9. The van der Waals surface area contributed by atoms with Crippen LogP contribution in [-0.4, -0.2) is 40.9 Å². The third kappa shape index (κ3) is 6.70. The van der Waals surface area contributed by atoms with E-state index in [0.717, 1.165) is 31.2 Å². The van der Waals surface area contributed by atoms with Crippen molar-refractivity contribution in [2.24, 2.45) is 11.8 Å². The molecule has 0 atom stereocenters. The molecule has 0 radical (unpaired) electrons. The smallest absolute Gasteiger partial charge is 0.305 e. The van der Waals surface area contributed by atoms with E-state index in [1.54, 1.807) is 17.0 Å². The number of carboxylic acids is 1. The van der Waals surface area contributed by atoms with Crippen LogP contribution in [0.15, 0.2) is 24.3 Å². The van der Waals surface area contributed by atoms with Gasteiger partial charge in [-0.3, -0.25) is 14.4 Å². The van der Waals surface area contributed by atoms with Gasteiger partial charge < -0.3 is 15.3 Å². The summed E-state index contributed by atoms with van der Waals surface area (Å²) in [7, 11) is 0. The summed E-state index contributed by atoms with van der Waals surface area (Å²) >= 11 is 0. The van der Waals surface area contributed by atoms with Gasteiger partial charge in [-0.2, -0.15) is 0 Å². The number of carbonyl (C=O) groups is 3. The lowest BCUT2D eigenvalue weighted by atomic mass is 10.1. The third-order valence-electron chi connectivity index (χ3n) is 4.86. The van der Waals surface area contributed by atoms with Gasteiger partial charge in [0.05, 0.1) is 6.42 Å². The van der Waals surface area contributed by atoms with Gasteiger partial charge >= 0.3 is 5.97 Å². The average Bonchev–Trinajstić information content (AvgIpc) is 3.17. The van der Waals surface area contributed by atoms with Crippen LogP contribution in [0.4, 0.5) is 0 Å². The van der Waals surface area contributed by atoms with Crippen LogP contribution in [0.5, 0.6) is 0 Å². The molecule has 0 heterocycles. The first kappa shape index (κ1) is 20.9. The molecule has 0 bridgehead atoms. The van der Waals surface area contributed by atoms with E-state index in [1.807, 2.05) is 26.0 Å². The van der Waals surface area contributed by atoms with Gasteiger partial charge in [0.2, 0.25) is 5.91 Å². The Morgan fingerprint density at radius 1 is 1.15 bits per heavy atom. The number of carboxylic acid groups (broad SMARTS) is 1. The van der Waals surface area contributed by atoms with Crippen molar-refractivity contribution in [3.8, 4) is 0 Å². The zero-order valence-electron chi connectivity index (χ0n) is 16.2. The van der Waals surface area contributed by atoms with Gasteiger partial charge in [0.15, 0.2) is 0 Å². The Morgan fingerprint density at radius 3 is 2.33 bits per heavy atom. The lowest BCUT2D eigenvalue weighted by Gasteiger charge is -2.24. The van der Waals surface area contributed by atoms with Crippen LogP contribution in [0.2, 0.25) is 0 Å². The fourth-order valence-corrected chi connectivity index (χ4v) is 3.42. The Morgan fingerprint density at radius 2 is 1.78 bits per heavy atom. The molecule has 0 unspecified atom stereocenters. The molecule has 6 heteroatoms. The molecule has 1 aliphatic carbocycles. The molecule has 2 rings (SSSR count). The summed E-state index contributed by atoms with van der Waals surface area (Å²) in [6.45, 7) is 5.17. The molecule has 27 heavy (non-hydrogen) atoms. The second-order valence-electron chi connectivity index (χ2n) is 7.68. The minimum absolute atomic E-state index is 0.0657. The van der Waals surface area contributed by atoms with Crippen LogP contribution in [0, 0.1) is 11.8 Å². The number of nitrogens with one attached hydrogen (secondary N) is 1. The molecule has 2 N–H and O–H groups in total. The molecule has 148 valence electrons. The molecule has 0 saturated heterocycles. The molecule has 2 amide bonds. The van der Waals surface area contributed by atoms with E-state index in [9.17, 15) is 14.4 Å². The van der Waals surface area contributed by atoms with Gasteiger partial charge in [0.1, 0.15) is 0 Å². The first-order valence-corrected chi connectivity index (χ1v) is 9.74. The standard InChI is InChI=1S/C21H30N2O4/c1-15(2)14-23(12-11-19(24)25)21(27)18-9-7-16(8-10-18)13-22-20(26)17-5-3-4-6-17/h7-10,15,17H,3-6,11-14H2,1-2H3,(H,22,26)(H,24,25). The van der Waals surface area contributed by atoms with E-state index < -0.39 is 5.97 Å². The van der Waals surface area contributed by atoms with Gasteiger partial charge in [-0.15, -0.1) is 0 Å². The van der Waals surface area contributed by atoms with Crippen molar-refractivity contribution < 1.29 is 19.5 Å². The lowest BCUT2D eigenvalue weighted by Crippen LogP contribution is -2.36. The number of benzene rings is 1. The highest BCUT2D eigenvalue weighted by molar-refractivity contribution is 5.94. The highest BCUT2D eigenvalue weighted by Gasteiger charge is 2.22. The summed E-state index contributed by atoms with van der Waals surface area (Å²) in [4.78, 5) is 37.2. The van der Waals surface area contributed by atoms with Gasteiger partial charge in [-0.05, 0) is 36.5 Å². The fraction of sp³-hybridized carbons (Fsp3) is 0.571. The predicted molar refractivity (Wildman–Crippen MR) is 103 cm³/mol. The molecule has 1 aliphatic rings. The predicted octanol–water partition coefficient (Wildman–Crippen LogP) is 3.07. The molecule has 1 saturated carbocycles. The zero-order chi connectivity index (χ0) is 19.8. The zero-order valence-corrected chi connectivity index (χ0v) is 16.2. The topological polar surface area (TPSA) is 86.7 Å². The highest BCUT2D eigenvalue weighted by atomic mass is 16.4. The van der Waals surface area contributed by atoms with Crippen molar-refractivity contribution in [3.05, 3.63) is 35.4 Å². The minimum Gasteiger partial charge on any atom is -0.481 e. The summed E-state index contributed by atoms with van der Waals surface area (Å²) < 4.78 is 0. The maximum Gasteiger partial charge on any atom is 0.305 e. The third-order valence-corrected chi connectivity index (χ3v) is 4.86. The van der Waals surface area contributed by atoms with Crippen LogP contribution in [0.1, 0.15) is 61.9 Å². The largest absolute Gasteiger partial charge is 0.481 e. The van der Waals surface area contributed by atoms with E-state index in [2.05, 4.69) is 5.32 Å². The lowest BCUT2D eigenvalue weighted by molar-refractivity contribution is -0.137. The molecular formula is C21H30N2O4. The normalized spacial score (nSPS) is 14.3. The second kappa shape index (κ2) is 10.1.